The van der Waals surface area contributed by atoms with Gasteiger partial charge in [-0.2, -0.15) is 0 Å². The minimum atomic E-state index is 0.0191. The minimum Gasteiger partial charge on any atom is -0.497 e. The van der Waals surface area contributed by atoms with Gasteiger partial charge in [-0.25, -0.2) is 15.0 Å². The van der Waals surface area contributed by atoms with Crippen molar-refractivity contribution in [2.24, 2.45) is 5.92 Å². The number of aryl methyl sites for hydroxylation is 1. The monoisotopic (exact) mass is 405 g/mol. The van der Waals surface area contributed by atoms with Crippen molar-refractivity contribution >= 4 is 16.7 Å². The highest BCUT2D eigenvalue weighted by Gasteiger charge is 2.28. The number of nitrogens with zero attached hydrogens (tertiary/aromatic N) is 5. The van der Waals surface area contributed by atoms with E-state index >= 15 is 0 Å². The number of methoxy groups -OCH3 is 1. The summed E-state index contributed by atoms with van der Waals surface area (Å²) in [7, 11) is 1.62. The Morgan fingerprint density at radius 3 is 2.63 bits per heavy atom. The second-order valence-corrected chi connectivity index (χ2v) is 8.52. The molecule has 0 bridgehead atoms. The van der Waals surface area contributed by atoms with Crippen molar-refractivity contribution in [3.8, 4) is 5.75 Å². The molecule has 3 aromatic rings. The van der Waals surface area contributed by atoms with Crippen molar-refractivity contribution in [1.29, 1.82) is 0 Å². The number of rotatable bonds is 5. The molecule has 2 aliphatic rings. The van der Waals surface area contributed by atoms with Crippen molar-refractivity contribution in [2.45, 2.75) is 45.1 Å². The lowest BCUT2D eigenvalue weighted by atomic mass is 9.96. The first kappa shape index (κ1) is 19.0. The summed E-state index contributed by atoms with van der Waals surface area (Å²) in [5.41, 5.74) is 1.75. The molecular formula is C23H27N5O2. The zero-order chi connectivity index (χ0) is 20.7. The van der Waals surface area contributed by atoms with E-state index in [0.717, 1.165) is 43.3 Å². The van der Waals surface area contributed by atoms with Gasteiger partial charge >= 0.3 is 0 Å². The molecule has 5 rings (SSSR count). The van der Waals surface area contributed by atoms with E-state index in [0.29, 0.717) is 35.0 Å². The van der Waals surface area contributed by atoms with E-state index < -0.39 is 0 Å². The van der Waals surface area contributed by atoms with E-state index in [2.05, 4.69) is 27.9 Å². The summed E-state index contributed by atoms with van der Waals surface area (Å²) in [6.07, 6.45) is 6.18. The number of aromatic nitrogens is 4. The third kappa shape index (κ3) is 3.76. The van der Waals surface area contributed by atoms with Crippen LogP contribution in [0.15, 0.2) is 35.4 Å². The van der Waals surface area contributed by atoms with Gasteiger partial charge in [0.25, 0.3) is 5.56 Å². The maximum atomic E-state index is 12.9. The summed E-state index contributed by atoms with van der Waals surface area (Å²) < 4.78 is 6.99. The number of hydrogen-bond acceptors (Lipinski definition) is 6. The molecule has 0 amide bonds. The van der Waals surface area contributed by atoms with E-state index in [4.69, 9.17) is 9.72 Å². The summed E-state index contributed by atoms with van der Waals surface area (Å²) >= 11 is 0. The lowest BCUT2D eigenvalue weighted by molar-refractivity contribution is 0.351. The molecule has 0 N–H and O–H groups in total. The van der Waals surface area contributed by atoms with Crippen LogP contribution in [0, 0.1) is 12.8 Å². The molecule has 2 fully saturated rings. The largest absolute Gasteiger partial charge is 0.497 e. The van der Waals surface area contributed by atoms with Crippen molar-refractivity contribution < 1.29 is 4.74 Å². The Morgan fingerprint density at radius 1 is 1.10 bits per heavy atom. The first-order chi connectivity index (χ1) is 14.6. The first-order valence-electron chi connectivity index (χ1n) is 10.7. The van der Waals surface area contributed by atoms with Crippen LogP contribution < -0.4 is 15.2 Å². The van der Waals surface area contributed by atoms with Crippen LogP contribution in [0.5, 0.6) is 5.75 Å². The second kappa shape index (κ2) is 7.70. The summed E-state index contributed by atoms with van der Waals surface area (Å²) in [5, 5.41) is 0.639. The molecule has 0 spiro atoms. The van der Waals surface area contributed by atoms with Gasteiger partial charge in [-0.1, -0.05) is 0 Å². The highest BCUT2D eigenvalue weighted by Crippen LogP contribution is 2.38. The highest BCUT2D eigenvalue weighted by atomic mass is 16.5. The first-order valence-corrected chi connectivity index (χ1v) is 10.7. The maximum absolute atomic E-state index is 12.9. The zero-order valence-corrected chi connectivity index (χ0v) is 17.5. The van der Waals surface area contributed by atoms with Crippen LogP contribution >= 0.6 is 0 Å². The highest BCUT2D eigenvalue weighted by molar-refractivity contribution is 5.78. The molecule has 0 atom stereocenters. The van der Waals surface area contributed by atoms with Gasteiger partial charge < -0.3 is 9.64 Å². The van der Waals surface area contributed by atoms with Gasteiger partial charge in [-0.05, 0) is 50.7 Å². The minimum absolute atomic E-state index is 0.0191. The molecular weight excluding hydrogens is 378 g/mol. The van der Waals surface area contributed by atoms with Crippen molar-refractivity contribution in [3.63, 3.8) is 0 Å². The summed E-state index contributed by atoms with van der Waals surface area (Å²) in [4.78, 5) is 29.2. The van der Waals surface area contributed by atoms with Gasteiger partial charge in [-0.3, -0.25) is 9.36 Å². The summed E-state index contributed by atoms with van der Waals surface area (Å²) in [5.74, 6) is 3.80. The molecule has 0 radical (unpaired) electrons. The average Bonchev–Trinajstić information content (AvgIpc) is 3.61. The third-order valence-corrected chi connectivity index (χ3v) is 6.23. The number of benzene rings is 1. The molecule has 1 aliphatic carbocycles. The van der Waals surface area contributed by atoms with E-state index in [1.54, 1.807) is 30.1 Å². The molecule has 1 aliphatic heterocycles. The van der Waals surface area contributed by atoms with Crippen LogP contribution in [0.4, 0.5) is 5.82 Å². The van der Waals surface area contributed by atoms with Crippen molar-refractivity contribution in [1.82, 2.24) is 19.5 Å². The van der Waals surface area contributed by atoms with Crippen LogP contribution in [-0.4, -0.2) is 39.7 Å². The summed E-state index contributed by atoms with van der Waals surface area (Å²) in [6.45, 7) is 4.67. The second-order valence-electron chi connectivity index (χ2n) is 8.52. The lowest BCUT2D eigenvalue weighted by Gasteiger charge is -2.33. The van der Waals surface area contributed by atoms with Crippen LogP contribution in [-0.2, 0) is 6.54 Å². The molecule has 1 saturated carbocycles. The number of anilines is 1. The van der Waals surface area contributed by atoms with E-state index in [1.807, 2.05) is 6.07 Å². The van der Waals surface area contributed by atoms with Gasteiger partial charge in [0, 0.05) is 43.4 Å². The van der Waals surface area contributed by atoms with Gasteiger partial charge in [0.2, 0.25) is 0 Å². The molecule has 156 valence electrons. The van der Waals surface area contributed by atoms with Gasteiger partial charge in [0.15, 0.2) is 0 Å². The molecule has 0 unspecified atom stereocenters. The topological polar surface area (TPSA) is 73.1 Å². The molecule has 7 nitrogen and oxygen atoms in total. The number of piperidine rings is 1. The Labute approximate surface area is 175 Å². The number of ether oxygens (including phenoxy) is 1. The Balaban J connectivity index is 1.27. The van der Waals surface area contributed by atoms with Crippen molar-refractivity contribution in [2.75, 3.05) is 25.1 Å². The average molecular weight is 406 g/mol. The number of fused-ring (bicyclic) bond motifs is 1. The quantitative estimate of drug-likeness (QED) is 0.649. The maximum Gasteiger partial charge on any atom is 0.261 e. The third-order valence-electron chi connectivity index (χ3n) is 6.23. The Morgan fingerprint density at radius 2 is 1.90 bits per heavy atom. The van der Waals surface area contributed by atoms with Crippen LogP contribution in [0.3, 0.4) is 0 Å². The Hall–Kier alpha value is -2.96. The normalized spacial score (nSPS) is 17.5. The SMILES string of the molecule is COc1ccc2c(=O)n(CC3CCN(c4cc(C)nc(C5CC5)n4)CC3)cnc2c1. The van der Waals surface area contributed by atoms with E-state index in [1.165, 1.54) is 12.8 Å². The predicted molar refractivity (Wildman–Crippen MR) is 116 cm³/mol. The van der Waals surface area contributed by atoms with E-state index in [-0.39, 0.29) is 5.56 Å². The fourth-order valence-electron chi connectivity index (χ4n) is 4.28. The van der Waals surface area contributed by atoms with Gasteiger partial charge in [0.1, 0.15) is 17.4 Å². The molecule has 3 heterocycles. The summed E-state index contributed by atoms with van der Waals surface area (Å²) in [6, 6.07) is 7.52. The molecule has 1 aromatic carbocycles. The molecule has 1 saturated heterocycles. The fraction of sp³-hybridized carbons (Fsp3) is 0.478. The van der Waals surface area contributed by atoms with Gasteiger partial charge in [0.05, 0.1) is 24.3 Å². The Bertz CT molecular complexity index is 1130. The van der Waals surface area contributed by atoms with Crippen LogP contribution in [0.25, 0.3) is 10.9 Å². The fourth-order valence-corrected chi connectivity index (χ4v) is 4.28. The molecule has 30 heavy (non-hydrogen) atoms. The Kier molecular flexibility index (Phi) is 4.89. The van der Waals surface area contributed by atoms with Crippen molar-refractivity contribution in [3.05, 3.63) is 52.5 Å². The smallest absolute Gasteiger partial charge is 0.261 e. The van der Waals surface area contributed by atoms with Crippen LogP contribution in [0.2, 0.25) is 0 Å². The van der Waals surface area contributed by atoms with Gasteiger partial charge in [-0.15, -0.1) is 0 Å². The zero-order valence-electron chi connectivity index (χ0n) is 17.5. The number of hydrogen-bond donors (Lipinski definition) is 0. The van der Waals surface area contributed by atoms with Crippen LogP contribution in [0.1, 0.15) is 43.1 Å². The molecule has 2 aromatic heterocycles. The van der Waals surface area contributed by atoms with E-state index in [9.17, 15) is 4.79 Å². The lowest BCUT2D eigenvalue weighted by Crippen LogP contribution is -2.37. The standard InChI is InChI=1S/C23H27N5O2/c1-15-11-21(26-22(25-15)17-3-4-17)27-9-7-16(8-10-27)13-28-14-24-20-12-18(30-2)5-6-19(20)23(28)29/h5-6,11-12,14,16-17H,3-4,7-10,13H2,1-2H3. The predicted octanol–water partition coefficient (Wildman–Crippen LogP) is 3.30. The molecule has 7 heteroatoms.